The van der Waals surface area contributed by atoms with E-state index in [-0.39, 0.29) is 12.4 Å². The quantitative estimate of drug-likeness (QED) is 0.867. The molecule has 0 spiro atoms. The number of methoxy groups -OCH3 is 1. The van der Waals surface area contributed by atoms with Crippen molar-refractivity contribution in [1.82, 2.24) is 0 Å². The number of hydrogen-bond acceptors (Lipinski definition) is 2. The standard InChI is InChI=1S/C11H13F3O2/c1-16-10-8(5-3-7-15)4-2-6-9(10)11(12,13)14/h2,4,6,15H,3,5,7H2,1H3. The van der Waals surface area contributed by atoms with Gasteiger partial charge < -0.3 is 9.84 Å². The van der Waals surface area contributed by atoms with Crippen LogP contribution >= 0.6 is 0 Å². The molecule has 0 aliphatic heterocycles. The minimum absolute atomic E-state index is 0.0562. The highest BCUT2D eigenvalue weighted by molar-refractivity contribution is 5.43. The van der Waals surface area contributed by atoms with Gasteiger partial charge in [0, 0.05) is 6.61 Å². The highest BCUT2D eigenvalue weighted by Crippen LogP contribution is 2.38. The summed E-state index contributed by atoms with van der Waals surface area (Å²) in [4.78, 5) is 0. The number of aliphatic hydroxyl groups is 1. The molecule has 0 bridgehead atoms. The minimum Gasteiger partial charge on any atom is -0.496 e. The molecule has 0 saturated carbocycles. The summed E-state index contributed by atoms with van der Waals surface area (Å²) in [6.07, 6.45) is -3.64. The molecular weight excluding hydrogens is 221 g/mol. The third-order valence-corrected chi connectivity index (χ3v) is 2.21. The van der Waals surface area contributed by atoms with Crippen molar-refractivity contribution in [2.75, 3.05) is 13.7 Å². The summed E-state index contributed by atoms with van der Waals surface area (Å²) >= 11 is 0. The fourth-order valence-corrected chi connectivity index (χ4v) is 1.52. The first-order chi connectivity index (χ1) is 7.50. The van der Waals surface area contributed by atoms with Crippen molar-refractivity contribution in [1.29, 1.82) is 0 Å². The lowest BCUT2D eigenvalue weighted by Gasteiger charge is -2.15. The lowest BCUT2D eigenvalue weighted by molar-refractivity contribution is -0.138. The zero-order chi connectivity index (χ0) is 12.2. The molecule has 5 heteroatoms. The van der Waals surface area contributed by atoms with E-state index < -0.39 is 11.7 Å². The van der Waals surface area contributed by atoms with E-state index in [9.17, 15) is 13.2 Å². The number of alkyl halides is 3. The Morgan fingerprint density at radius 1 is 1.31 bits per heavy atom. The van der Waals surface area contributed by atoms with Crippen LogP contribution in [-0.4, -0.2) is 18.8 Å². The first kappa shape index (κ1) is 12.8. The summed E-state index contributed by atoms with van der Waals surface area (Å²) in [6.45, 7) is -0.0562. The Morgan fingerprint density at radius 2 is 2.00 bits per heavy atom. The number of halogens is 3. The summed E-state index contributed by atoms with van der Waals surface area (Å²) in [6, 6.07) is 3.91. The van der Waals surface area contributed by atoms with Gasteiger partial charge in [-0.2, -0.15) is 13.2 Å². The number of hydrogen-bond donors (Lipinski definition) is 1. The van der Waals surface area contributed by atoms with Crippen LogP contribution in [0.1, 0.15) is 17.5 Å². The Morgan fingerprint density at radius 3 is 2.50 bits per heavy atom. The molecule has 0 amide bonds. The highest BCUT2D eigenvalue weighted by atomic mass is 19.4. The van der Waals surface area contributed by atoms with Crippen LogP contribution in [0.4, 0.5) is 13.2 Å². The lowest BCUT2D eigenvalue weighted by Crippen LogP contribution is -2.09. The van der Waals surface area contributed by atoms with E-state index in [1.165, 1.54) is 13.2 Å². The van der Waals surface area contributed by atoms with Gasteiger partial charge in [-0.15, -0.1) is 0 Å². The number of rotatable bonds is 4. The summed E-state index contributed by atoms with van der Waals surface area (Å²) < 4.78 is 42.6. The second-order valence-corrected chi connectivity index (χ2v) is 3.32. The maximum atomic E-state index is 12.6. The molecule has 0 aliphatic rings. The Kier molecular flexibility index (Phi) is 4.18. The molecule has 1 aromatic carbocycles. The van der Waals surface area contributed by atoms with Gasteiger partial charge in [-0.3, -0.25) is 0 Å². The predicted molar refractivity (Wildman–Crippen MR) is 53.4 cm³/mol. The van der Waals surface area contributed by atoms with Crippen LogP contribution in [-0.2, 0) is 12.6 Å². The van der Waals surface area contributed by atoms with E-state index in [0.717, 1.165) is 6.07 Å². The van der Waals surface area contributed by atoms with Gasteiger partial charge in [0.25, 0.3) is 0 Å². The lowest BCUT2D eigenvalue weighted by atomic mass is 10.0. The first-order valence-corrected chi connectivity index (χ1v) is 4.84. The Balaban J connectivity index is 3.11. The molecule has 0 radical (unpaired) electrons. The molecule has 0 saturated heterocycles. The molecule has 1 N–H and O–H groups in total. The molecule has 1 aromatic rings. The van der Waals surface area contributed by atoms with E-state index in [2.05, 4.69) is 0 Å². The van der Waals surface area contributed by atoms with Crippen LogP contribution < -0.4 is 4.74 Å². The van der Waals surface area contributed by atoms with Crippen LogP contribution in [0.25, 0.3) is 0 Å². The second-order valence-electron chi connectivity index (χ2n) is 3.32. The van der Waals surface area contributed by atoms with Crippen molar-refractivity contribution in [3.05, 3.63) is 29.3 Å². The maximum absolute atomic E-state index is 12.6. The molecule has 0 aliphatic carbocycles. The van der Waals surface area contributed by atoms with E-state index >= 15 is 0 Å². The molecule has 0 heterocycles. The number of ether oxygens (including phenoxy) is 1. The van der Waals surface area contributed by atoms with Gasteiger partial charge in [0.1, 0.15) is 5.75 Å². The predicted octanol–water partition coefficient (Wildman–Crippen LogP) is 2.64. The third-order valence-electron chi connectivity index (χ3n) is 2.21. The maximum Gasteiger partial charge on any atom is 0.419 e. The van der Waals surface area contributed by atoms with Gasteiger partial charge >= 0.3 is 6.18 Å². The van der Waals surface area contributed by atoms with Crippen LogP contribution in [0.3, 0.4) is 0 Å². The highest BCUT2D eigenvalue weighted by Gasteiger charge is 2.34. The monoisotopic (exact) mass is 234 g/mol. The van der Waals surface area contributed by atoms with Gasteiger partial charge in [0.15, 0.2) is 0 Å². The zero-order valence-corrected chi connectivity index (χ0v) is 8.84. The Labute approximate surface area is 91.7 Å². The third kappa shape index (κ3) is 2.88. The van der Waals surface area contributed by atoms with E-state index in [1.807, 2.05) is 0 Å². The number of aliphatic hydroxyl groups excluding tert-OH is 1. The largest absolute Gasteiger partial charge is 0.496 e. The van der Waals surface area contributed by atoms with Gasteiger partial charge in [0.05, 0.1) is 12.7 Å². The number of benzene rings is 1. The molecule has 1 rings (SSSR count). The van der Waals surface area contributed by atoms with Crippen LogP contribution in [0, 0.1) is 0 Å². The Bertz CT molecular complexity index is 348. The average Bonchev–Trinajstić information content (AvgIpc) is 2.24. The van der Waals surface area contributed by atoms with Gasteiger partial charge in [-0.05, 0) is 24.5 Å². The van der Waals surface area contributed by atoms with Crippen molar-refractivity contribution in [2.45, 2.75) is 19.0 Å². The van der Waals surface area contributed by atoms with Gasteiger partial charge in [-0.1, -0.05) is 12.1 Å². The average molecular weight is 234 g/mol. The van der Waals surface area contributed by atoms with E-state index in [1.54, 1.807) is 6.07 Å². The van der Waals surface area contributed by atoms with Crippen LogP contribution in [0.2, 0.25) is 0 Å². The SMILES string of the molecule is COc1c(CCCO)cccc1C(F)(F)F. The molecule has 90 valence electrons. The fourth-order valence-electron chi connectivity index (χ4n) is 1.52. The molecule has 0 atom stereocenters. The molecular formula is C11H13F3O2. The van der Waals surface area contributed by atoms with Crippen molar-refractivity contribution in [3.63, 3.8) is 0 Å². The van der Waals surface area contributed by atoms with Crippen molar-refractivity contribution in [3.8, 4) is 5.75 Å². The summed E-state index contributed by atoms with van der Waals surface area (Å²) in [5.74, 6) is -0.150. The Hall–Kier alpha value is -1.23. The van der Waals surface area contributed by atoms with Crippen molar-refractivity contribution >= 4 is 0 Å². The fraction of sp³-hybridized carbons (Fsp3) is 0.455. The number of aryl methyl sites for hydroxylation is 1. The zero-order valence-electron chi connectivity index (χ0n) is 8.84. The summed E-state index contributed by atoms with van der Waals surface area (Å²) in [5.41, 5.74) is -0.309. The van der Waals surface area contributed by atoms with Crippen molar-refractivity contribution < 1.29 is 23.0 Å². The van der Waals surface area contributed by atoms with Crippen LogP contribution in [0.15, 0.2) is 18.2 Å². The van der Waals surface area contributed by atoms with Gasteiger partial charge in [-0.25, -0.2) is 0 Å². The smallest absolute Gasteiger partial charge is 0.419 e. The van der Waals surface area contributed by atoms with E-state index in [4.69, 9.17) is 9.84 Å². The van der Waals surface area contributed by atoms with E-state index in [0.29, 0.717) is 18.4 Å². The molecule has 0 aromatic heterocycles. The second kappa shape index (κ2) is 5.21. The van der Waals surface area contributed by atoms with Crippen LogP contribution in [0.5, 0.6) is 5.75 Å². The molecule has 16 heavy (non-hydrogen) atoms. The topological polar surface area (TPSA) is 29.5 Å². The molecule has 0 unspecified atom stereocenters. The van der Waals surface area contributed by atoms with Crippen molar-refractivity contribution in [2.24, 2.45) is 0 Å². The summed E-state index contributed by atoms with van der Waals surface area (Å²) in [7, 11) is 1.22. The normalized spacial score (nSPS) is 11.6. The summed E-state index contributed by atoms with van der Waals surface area (Å²) in [5, 5.41) is 8.66. The van der Waals surface area contributed by atoms with Gasteiger partial charge in [0.2, 0.25) is 0 Å². The molecule has 0 fully saturated rings. The minimum atomic E-state index is -4.42. The first-order valence-electron chi connectivity index (χ1n) is 4.84. The molecule has 2 nitrogen and oxygen atoms in total. The number of para-hydroxylation sites is 1.